The smallest absolute Gasteiger partial charge is 0.323 e. The number of benzene rings is 1. The molecule has 1 aliphatic heterocycles. The third kappa shape index (κ3) is 4.39. The van der Waals surface area contributed by atoms with Crippen molar-refractivity contribution in [3.8, 4) is 17.4 Å². The molecule has 0 saturated carbocycles. The van der Waals surface area contributed by atoms with Gasteiger partial charge in [-0.25, -0.2) is 4.79 Å². The van der Waals surface area contributed by atoms with Crippen LogP contribution in [-0.2, 0) is 13.0 Å². The number of urea groups is 1. The molecule has 0 bridgehead atoms. The summed E-state index contributed by atoms with van der Waals surface area (Å²) in [5, 5.41) is 10.6. The van der Waals surface area contributed by atoms with Gasteiger partial charge >= 0.3 is 6.03 Å². The van der Waals surface area contributed by atoms with E-state index < -0.39 is 0 Å². The SMILES string of the molecule is CCOc1cc2c(cc1OCC)CN(C(=O)Nc1ccc(OC)nn1)CC2. The number of nitrogens with zero attached hydrogens (tertiary/aromatic N) is 3. The van der Waals surface area contributed by atoms with Gasteiger partial charge in [-0.3, -0.25) is 5.32 Å². The molecule has 144 valence electrons. The number of rotatable bonds is 6. The third-order valence-electron chi connectivity index (χ3n) is 4.25. The Labute approximate surface area is 158 Å². The van der Waals surface area contributed by atoms with Crippen LogP contribution in [0.5, 0.6) is 17.4 Å². The number of hydrogen-bond donors (Lipinski definition) is 1. The number of hydrogen-bond acceptors (Lipinski definition) is 6. The Hall–Kier alpha value is -3.03. The van der Waals surface area contributed by atoms with E-state index in [1.807, 2.05) is 26.0 Å². The molecule has 1 aromatic carbocycles. The molecule has 1 aliphatic rings. The number of methoxy groups -OCH3 is 1. The number of amides is 2. The van der Waals surface area contributed by atoms with Gasteiger partial charge in [0.1, 0.15) is 0 Å². The zero-order chi connectivity index (χ0) is 19.2. The first kappa shape index (κ1) is 18.8. The number of ether oxygens (including phenoxy) is 3. The van der Waals surface area contributed by atoms with Crippen LogP contribution in [0.25, 0.3) is 0 Å². The average molecular weight is 372 g/mol. The summed E-state index contributed by atoms with van der Waals surface area (Å²) in [5.74, 6) is 2.24. The van der Waals surface area contributed by atoms with Gasteiger partial charge in [0.15, 0.2) is 17.3 Å². The summed E-state index contributed by atoms with van der Waals surface area (Å²) < 4.78 is 16.3. The van der Waals surface area contributed by atoms with Crippen LogP contribution in [-0.4, -0.2) is 48.0 Å². The number of nitrogens with one attached hydrogen (secondary N) is 1. The molecule has 0 aliphatic carbocycles. The molecule has 3 rings (SSSR count). The highest BCUT2D eigenvalue weighted by molar-refractivity contribution is 5.88. The van der Waals surface area contributed by atoms with E-state index in [0.717, 1.165) is 17.7 Å². The molecular formula is C19H24N4O4. The van der Waals surface area contributed by atoms with Crippen molar-refractivity contribution in [1.29, 1.82) is 0 Å². The van der Waals surface area contributed by atoms with E-state index in [2.05, 4.69) is 15.5 Å². The summed E-state index contributed by atoms with van der Waals surface area (Å²) in [4.78, 5) is 14.3. The minimum Gasteiger partial charge on any atom is -0.490 e. The fraction of sp³-hybridized carbons (Fsp3) is 0.421. The summed E-state index contributed by atoms with van der Waals surface area (Å²) in [6.07, 6.45) is 0.753. The van der Waals surface area contributed by atoms with Gasteiger partial charge in [0, 0.05) is 19.2 Å². The Morgan fingerprint density at radius 3 is 2.41 bits per heavy atom. The van der Waals surface area contributed by atoms with Crippen molar-refractivity contribution in [2.75, 3.05) is 32.2 Å². The van der Waals surface area contributed by atoms with E-state index in [1.165, 1.54) is 12.7 Å². The summed E-state index contributed by atoms with van der Waals surface area (Å²) in [5.41, 5.74) is 2.24. The maximum Gasteiger partial charge on any atom is 0.323 e. The van der Waals surface area contributed by atoms with Crippen molar-refractivity contribution in [1.82, 2.24) is 15.1 Å². The number of anilines is 1. The molecule has 8 nitrogen and oxygen atoms in total. The molecule has 1 N–H and O–H groups in total. The molecule has 0 unspecified atom stereocenters. The predicted octanol–water partition coefficient (Wildman–Crippen LogP) is 2.87. The maximum atomic E-state index is 12.6. The second-order valence-corrected chi connectivity index (χ2v) is 6.00. The molecule has 0 atom stereocenters. The van der Waals surface area contributed by atoms with E-state index in [1.54, 1.807) is 17.0 Å². The van der Waals surface area contributed by atoms with Gasteiger partial charge in [0.25, 0.3) is 0 Å². The van der Waals surface area contributed by atoms with Gasteiger partial charge in [-0.05, 0) is 49.6 Å². The minimum atomic E-state index is -0.216. The lowest BCUT2D eigenvalue weighted by Gasteiger charge is -2.29. The van der Waals surface area contributed by atoms with E-state index in [4.69, 9.17) is 14.2 Å². The number of aromatic nitrogens is 2. The third-order valence-corrected chi connectivity index (χ3v) is 4.25. The first-order valence-corrected chi connectivity index (χ1v) is 8.99. The lowest BCUT2D eigenvalue weighted by molar-refractivity contribution is 0.206. The van der Waals surface area contributed by atoms with Crippen molar-refractivity contribution in [3.05, 3.63) is 35.4 Å². The van der Waals surface area contributed by atoms with Crippen LogP contribution in [0.1, 0.15) is 25.0 Å². The zero-order valence-electron chi connectivity index (χ0n) is 15.8. The highest BCUT2D eigenvalue weighted by Crippen LogP contribution is 2.34. The molecular weight excluding hydrogens is 348 g/mol. The molecule has 2 heterocycles. The molecule has 0 saturated heterocycles. The lowest BCUT2D eigenvalue weighted by atomic mass is 9.99. The molecule has 1 aromatic heterocycles. The van der Waals surface area contributed by atoms with Gasteiger partial charge in [-0.1, -0.05) is 0 Å². The minimum absolute atomic E-state index is 0.216. The van der Waals surface area contributed by atoms with Gasteiger partial charge in [0.2, 0.25) is 5.88 Å². The van der Waals surface area contributed by atoms with Crippen LogP contribution in [0.15, 0.2) is 24.3 Å². The Kier molecular flexibility index (Phi) is 5.95. The van der Waals surface area contributed by atoms with Crippen LogP contribution < -0.4 is 19.5 Å². The highest BCUT2D eigenvalue weighted by atomic mass is 16.5. The van der Waals surface area contributed by atoms with Crippen molar-refractivity contribution in [2.24, 2.45) is 0 Å². The van der Waals surface area contributed by atoms with Crippen molar-refractivity contribution in [3.63, 3.8) is 0 Å². The monoisotopic (exact) mass is 372 g/mol. The topological polar surface area (TPSA) is 85.8 Å². The van der Waals surface area contributed by atoms with Crippen molar-refractivity contribution in [2.45, 2.75) is 26.8 Å². The largest absolute Gasteiger partial charge is 0.490 e. The van der Waals surface area contributed by atoms with Crippen molar-refractivity contribution < 1.29 is 19.0 Å². The number of carbonyl (C=O) groups is 1. The molecule has 0 radical (unpaired) electrons. The van der Waals surface area contributed by atoms with Crippen molar-refractivity contribution >= 4 is 11.8 Å². The molecule has 0 spiro atoms. The average Bonchev–Trinajstić information content (AvgIpc) is 2.69. The van der Waals surface area contributed by atoms with Gasteiger partial charge in [-0.2, -0.15) is 0 Å². The first-order valence-electron chi connectivity index (χ1n) is 8.99. The summed E-state index contributed by atoms with van der Waals surface area (Å²) >= 11 is 0. The highest BCUT2D eigenvalue weighted by Gasteiger charge is 2.23. The van der Waals surface area contributed by atoms with Gasteiger partial charge in [-0.15, -0.1) is 10.2 Å². The summed E-state index contributed by atoms with van der Waals surface area (Å²) in [6, 6.07) is 7.08. The molecule has 27 heavy (non-hydrogen) atoms. The zero-order valence-corrected chi connectivity index (χ0v) is 15.8. The molecule has 8 heteroatoms. The second kappa shape index (κ2) is 8.57. The van der Waals surface area contributed by atoms with Crippen LogP contribution in [0.4, 0.5) is 10.6 Å². The fourth-order valence-electron chi connectivity index (χ4n) is 2.96. The molecule has 0 fully saturated rings. The number of fused-ring (bicyclic) bond motifs is 1. The predicted molar refractivity (Wildman–Crippen MR) is 100 cm³/mol. The maximum absolute atomic E-state index is 12.6. The van der Waals surface area contributed by atoms with Crippen LogP contribution in [0, 0.1) is 0 Å². The number of carbonyl (C=O) groups excluding carboxylic acids is 1. The second-order valence-electron chi connectivity index (χ2n) is 6.00. The Morgan fingerprint density at radius 1 is 1.11 bits per heavy atom. The molecule has 2 amide bonds. The summed E-state index contributed by atoms with van der Waals surface area (Å²) in [6.45, 7) is 6.13. The fourth-order valence-corrected chi connectivity index (χ4v) is 2.96. The van der Waals surface area contributed by atoms with Crippen LogP contribution >= 0.6 is 0 Å². The van der Waals surface area contributed by atoms with E-state index in [-0.39, 0.29) is 6.03 Å². The lowest BCUT2D eigenvalue weighted by Crippen LogP contribution is -2.39. The Morgan fingerprint density at radius 2 is 1.81 bits per heavy atom. The standard InChI is InChI=1S/C19H24N4O4/c1-4-26-15-10-13-8-9-23(12-14(13)11-16(15)27-5-2)19(24)20-17-6-7-18(25-3)22-21-17/h6-7,10-11H,4-5,8-9,12H2,1-3H3,(H,20,21,24). The van der Waals surface area contributed by atoms with E-state index in [0.29, 0.717) is 43.8 Å². The van der Waals surface area contributed by atoms with E-state index in [9.17, 15) is 4.79 Å². The Balaban J connectivity index is 1.72. The molecule has 2 aromatic rings. The van der Waals surface area contributed by atoms with Gasteiger partial charge < -0.3 is 19.1 Å². The van der Waals surface area contributed by atoms with E-state index >= 15 is 0 Å². The first-order chi connectivity index (χ1) is 13.1. The Bertz CT molecular complexity index is 795. The van der Waals surface area contributed by atoms with Crippen LogP contribution in [0.2, 0.25) is 0 Å². The van der Waals surface area contributed by atoms with Crippen LogP contribution in [0.3, 0.4) is 0 Å². The quantitative estimate of drug-likeness (QED) is 0.839. The summed E-state index contributed by atoms with van der Waals surface area (Å²) in [7, 11) is 1.51. The normalized spacial score (nSPS) is 12.9. The van der Waals surface area contributed by atoms with Gasteiger partial charge in [0.05, 0.1) is 20.3 Å².